The van der Waals surface area contributed by atoms with Crippen LogP contribution in [0, 0.1) is 5.92 Å². The predicted octanol–water partition coefficient (Wildman–Crippen LogP) is 1.85. The molecule has 1 fully saturated rings. The van der Waals surface area contributed by atoms with Gasteiger partial charge in [-0.25, -0.2) is 0 Å². The monoisotopic (exact) mass is 199 g/mol. The number of ether oxygens (including phenoxy) is 1. The summed E-state index contributed by atoms with van der Waals surface area (Å²) in [7, 11) is 0. The molecule has 1 aliphatic rings. The van der Waals surface area contributed by atoms with E-state index in [1.165, 1.54) is 12.8 Å². The van der Waals surface area contributed by atoms with Gasteiger partial charge in [-0.05, 0) is 19.8 Å². The second kappa shape index (κ2) is 6.02. The normalized spacial score (nSPS) is 29.0. The molecule has 1 saturated carbocycles. The Balaban J connectivity index is 2.48. The molecule has 82 valence electrons. The van der Waals surface area contributed by atoms with Crippen LogP contribution in [0.2, 0.25) is 0 Å². The van der Waals surface area contributed by atoms with E-state index in [2.05, 4.69) is 0 Å². The standard InChI is InChI=1S/C11H21NO2/c1-2-14-11(13)9-7-5-3-4-6-8-10(9)12/h9-10H,2-8,12H2,1H3/t9-,10+/m1/s1. The van der Waals surface area contributed by atoms with Crippen LogP contribution in [0.25, 0.3) is 0 Å². The number of hydrogen-bond donors (Lipinski definition) is 1. The summed E-state index contributed by atoms with van der Waals surface area (Å²) in [5.41, 5.74) is 5.98. The molecule has 0 spiro atoms. The van der Waals surface area contributed by atoms with E-state index in [0.29, 0.717) is 6.61 Å². The fraction of sp³-hybridized carbons (Fsp3) is 0.909. The van der Waals surface area contributed by atoms with Crippen molar-refractivity contribution >= 4 is 5.97 Å². The average Bonchev–Trinajstić information content (AvgIpc) is 2.12. The summed E-state index contributed by atoms with van der Waals surface area (Å²) in [4.78, 5) is 11.6. The molecule has 0 bridgehead atoms. The van der Waals surface area contributed by atoms with Crippen molar-refractivity contribution in [1.29, 1.82) is 0 Å². The van der Waals surface area contributed by atoms with Crippen LogP contribution in [0.15, 0.2) is 0 Å². The number of nitrogens with two attached hydrogens (primary N) is 1. The van der Waals surface area contributed by atoms with Crippen molar-refractivity contribution in [2.24, 2.45) is 11.7 Å². The van der Waals surface area contributed by atoms with E-state index in [4.69, 9.17) is 10.5 Å². The molecule has 0 amide bonds. The Morgan fingerprint density at radius 1 is 1.29 bits per heavy atom. The predicted molar refractivity (Wildman–Crippen MR) is 55.8 cm³/mol. The molecule has 0 unspecified atom stereocenters. The smallest absolute Gasteiger partial charge is 0.310 e. The first-order chi connectivity index (χ1) is 6.75. The molecule has 0 saturated heterocycles. The zero-order valence-electron chi connectivity index (χ0n) is 9.00. The van der Waals surface area contributed by atoms with Gasteiger partial charge in [0.2, 0.25) is 0 Å². The quantitative estimate of drug-likeness (QED) is 0.690. The van der Waals surface area contributed by atoms with E-state index in [1.54, 1.807) is 0 Å². The number of carbonyl (C=O) groups is 1. The maximum absolute atomic E-state index is 11.6. The van der Waals surface area contributed by atoms with E-state index in [1.807, 2.05) is 6.92 Å². The number of esters is 1. The Hall–Kier alpha value is -0.570. The minimum absolute atomic E-state index is 0.00866. The Labute approximate surface area is 86.0 Å². The van der Waals surface area contributed by atoms with Crippen LogP contribution in [0.1, 0.15) is 45.4 Å². The topological polar surface area (TPSA) is 52.3 Å². The highest BCUT2D eigenvalue weighted by Crippen LogP contribution is 2.22. The summed E-state index contributed by atoms with van der Waals surface area (Å²) < 4.78 is 5.03. The molecule has 0 heterocycles. The lowest BCUT2D eigenvalue weighted by Gasteiger charge is -2.24. The van der Waals surface area contributed by atoms with Crippen molar-refractivity contribution in [2.45, 2.75) is 51.5 Å². The van der Waals surface area contributed by atoms with Crippen LogP contribution in [0.3, 0.4) is 0 Å². The first-order valence-corrected chi connectivity index (χ1v) is 5.68. The fourth-order valence-corrected chi connectivity index (χ4v) is 2.06. The molecule has 3 nitrogen and oxygen atoms in total. The van der Waals surface area contributed by atoms with Gasteiger partial charge in [-0.1, -0.05) is 25.7 Å². The van der Waals surface area contributed by atoms with Gasteiger partial charge in [0.15, 0.2) is 0 Å². The van der Waals surface area contributed by atoms with Gasteiger partial charge in [0.25, 0.3) is 0 Å². The molecule has 14 heavy (non-hydrogen) atoms. The summed E-state index contributed by atoms with van der Waals surface area (Å²) in [5, 5.41) is 0. The number of carbonyl (C=O) groups excluding carboxylic acids is 1. The average molecular weight is 199 g/mol. The summed E-state index contributed by atoms with van der Waals surface area (Å²) in [6.07, 6.45) is 6.60. The van der Waals surface area contributed by atoms with Gasteiger partial charge in [0, 0.05) is 6.04 Å². The zero-order valence-corrected chi connectivity index (χ0v) is 9.00. The van der Waals surface area contributed by atoms with Crippen LogP contribution < -0.4 is 5.73 Å². The second-order valence-corrected chi connectivity index (χ2v) is 4.01. The van der Waals surface area contributed by atoms with Crippen molar-refractivity contribution in [1.82, 2.24) is 0 Å². The van der Waals surface area contributed by atoms with Crippen LogP contribution in [0.4, 0.5) is 0 Å². The molecule has 0 aromatic carbocycles. The van der Waals surface area contributed by atoms with Gasteiger partial charge < -0.3 is 10.5 Å². The minimum Gasteiger partial charge on any atom is -0.466 e. The number of hydrogen-bond acceptors (Lipinski definition) is 3. The summed E-state index contributed by atoms with van der Waals surface area (Å²) >= 11 is 0. The van der Waals surface area contributed by atoms with E-state index in [-0.39, 0.29) is 17.9 Å². The first kappa shape index (κ1) is 11.5. The molecule has 1 rings (SSSR count). The molecule has 0 aromatic heterocycles. The Bertz CT molecular complexity index is 182. The third-order valence-corrected chi connectivity index (χ3v) is 2.91. The second-order valence-electron chi connectivity index (χ2n) is 4.01. The molecule has 1 aliphatic carbocycles. The highest BCUT2D eigenvalue weighted by atomic mass is 16.5. The van der Waals surface area contributed by atoms with Gasteiger partial charge in [-0.3, -0.25) is 4.79 Å². The first-order valence-electron chi connectivity index (χ1n) is 5.68. The Kier molecular flexibility index (Phi) is 4.94. The zero-order chi connectivity index (χ0) is 10.4. The van der Waals surface area contributed by atoms with Crippen LogP contribution >= 0.6 is 0 Å². The maximum Gasteiger partial charge on any atom is 0.310 e. The fourth-order valence-electron chi connectivity index (χ4n) is 2.06. The van der Waals surface area contributed by atoms with Crippen LogP contribution in [-0.2, 0) is 9.53 Å². The SMILES string of the molecule is CCOC(=O)[C@@H]1CCCCCC[C@@H]1N. The third kappa shape index (κ3) is 3.29. The third-order valence-electron chi connectivity index (χ3n) is 2.91. The molecule has 0 radical (unpaired) electrons. The van der Waals surface area contributed by atoms with Gasteiger partial charge in [0.1, 0.15) is 0 Å². The minimum atomic E-state index is -0.0955. The maximum atomic E-state index is 11.6. The van der Waals surface area contributed by atoms with Gasteiger partial charge in [-0.15, -0.1) is 0 Å². The van der Waals surface area contributed by atoms with E-state index < -0.39 is 0 Å². The van der Waals surface area contributed by atoms with E-state index in [9.17, 15) is 4.79 Å². The van der Waals surface area contributed by atoms with Crippen molar-refractivity contribution in [3.05, 3.63) is 0 Å². The highest BCUT2D eigenvalue weighted by Gasteiger charge is 2.27. The summed E-state index contributed by atoms with van der Waals surface area (Å²) in [6, 6.07) is 0.00866. The van der Waals surface area contributed by atoms with Crippen molar-refractivity contribution in [3.8, 4) is 0 Å². The van der Waals surface area contributed by atoms with Crippen LogP contribution in [0.5, 0.6) is 0 Å². The lowest BCUT2D eigenvalue weighted by molar-refractivity contribution is -0.149. The van der Waals surface area contributed by atoms with Gasteiger partial charge in [-0.2, -0.15) is 0 Å². The van der Waals surface area contributed by atoms with Crippen molar-refractivity contribution < 1.29 is 9.53 Å². The van der Waals surface area contributed by atoms with Crippen molar-refractivity contribution in [3.63, 3.8) is 0 Å². The van der Waals surface area contributed by atoms with Crippen molar-refractivity contribution in [2.75, 3.05) is 6.61 Å². The summed E-state index contributed by atoms with van der Waals surface area (Å²) in [6.45, 7) is 2.30. The van der Waals surface area contributed by atoms with Gasteiger partial charge in [0.05, 0.1) is 12.5 Å². The molecular formula is C11H21NO2. The molecule has 0 aliphatic heterocycles. The molecule has 3 heteroatoms. The number of rotatable bonds is 2. The van der Waals surface area contributed by atoms with E-state index >= 15 is 0 Å². The molecule has 2 atom stereocenters. The lowest BCUT2D eigenvalue weighted by atomic mass is 9.87. The molecule has 2 N–H and O–H groups in total. The van der Waals surface area contributed by atoms with Crippen LogP contribution in [-0.4, -0.2) is 18.6 Å². The lowest BCUT2D eigenvalue weighted by Crippen LogP contribution is -2.37. The summed E-state index contributed by atoms with van der Waals surface area (Å²) in [5.74, 6) is -0.155. The largest absolute Gasteiger partial charge is 0.466 e. The molecular weight excluding hydrogens is 178 g/mol. The molecule has 0 aromatic rings. The Morgan fingerprint density at radius 2 is 1.93 bits per heavy atom. The van der Waals surface area contributed by atoms with Gasteiger partial charge >= 0.3 is 5.97 Å². The highest BCUT2D eigenvalue weighted by molar-refractivity contribution is 5.73. The van der Waals surface area contributed by atoms with E-state index in [0.717, 1.165) is 25.7 Å². The Morgan fingerprint density at radius 3 is 2.57 bits per heavy atom.